The predicted octanol–water partition coefficient (Wildman–Crippen LogP) is -0.351. The van der Waals surface area contributed by atoms with Gasteiger partial charge in [-0.1, -0.05) is 6.92 Å². The van der Waals surface area contributed by atoms with E-state index in [1.54, 1.807) is 0 Å². The van der Waals surface area contributed by atoms with Gasteiger partial charge in [0, 0.05) is 0 Å². The third kappa shape index (κ3) is 3.15. The lowest BCUT2D eigenvalue weighted by atomic mass is 9.83. The second-order valence-corrected chi connectivity index (χ2v) is 3.09. The Morgan fingerprint density at radius 1 is 1.00 bits per heavy atom. The van der Waals surface area contributed by atoms with Crippen molar-refractivity contribution in [1.29, 1.82) is 0 Å². The van der Waals surface area contributed by atoms with Crippen molar-refractivity contribution in [3.63, 3.8) is 0 Å². The maximum absolute atomic E-state index is 5.57. The lowest BCUT2D eigenvalue weighted by molar-refractivity contribution is 0.293. The molecule has 0 spiro atoms. The Labute approximate surface area is 62.9 Å². The van der Waals surface area contributed by atoms with Crippen LogP contribution in [0.1, 0.15) is 19.8 Å². The molecule has 3 nitrogen and oxygen atoms in total. The topological polar surface area (TPSA) is 78.1 Å². The number of rotatable bonds is 5. The van der Waals surface area contributed by atoms with Gasteiger partial charge in [0.05, 0.1) is 0 Å². The Morgan fingerprint density at radius 3 is 1.60 bits per heavy atom. The van der Waals surface area contributed by atoms with Crippen molar-refractivity contribution in [3.8, 4) is 0 Å². The molecule has 0 aromatic carbocycles. The van der Waals surface area contributed by atoms with Gasteiger partial charge in [-0.15, -0.1) is 0 Å². The van der Waals surface area contributed by atoms with E-state index in [1.807, 2.05) is 0 Å². The fourth-order valence-electron chi connectivity index (χ4n) is 1.03. The minimum atomic E-state index is 0.170. The first kappa shape index (κ1) is 9.88. The Balaban J connectivity index is 3.69. The molecular weight excluding hydrogens is 126 g/mol. The van der Waals surface area contributed by atoms with Crippen molar-refractivity contribution in [2.24, 2.45) is 22.6 Å². The molecule has 0 rings (SSSR count). The Morgan fingerprint density at radius 2 is 1.40 bits per heavy atom. The molecule has 0 amide bonds. The van der Waals surface area contributed by atoms with Gasteiger partial charge in [-0.25, -0.2) is 0 Å². The van der Waals surface area contributed by atoms with Crippen LogP contribution in [0.15, 0.2) is 0 Å². The van der Waals surface area contributed by atoms with E-state index in [0.29, 0.717) is 19.6 Å². The smallest absolute Gasteiger partial charge is 0.00222 e. The molecule has 0 unspecified atom stereocenters. The molecule has 0 atom stereocenters. The van der Waals surface area contributed by atoms with Crippen LogP contribution in [-0.2, 0) is 0 Å². The summed E-state index contributed by atoms with van der Waals surface area (Å²) in [6, 6.07) is 0. The first-order valence-corrected chi connectivity index (χ1v) is 3.79. The highest BCUT2D eigenvalue weighted by atomic mass is 14.6. The largest absolute Gasteiger partial charge is 0.330 e. The highest BCUT2D eigenvalue weighted by Gasteiger charge is 2.19. The number of hydrogen-bond donors (Lipinski definition) is 3. The molecule has 0 aliphatic carbocycles. The lowest BCUT2D eigenvalue weighted by Crippen LogP contribution is -2.32. The van der Waals surface area contributed by atoms with E-state index < -0.39 is 0 Å². The van der Waals surface area contributed by atoms with E-state index in [1.165, 1.54) is 0 Å². The number of nitrogens with two attached hydrogens (primary N) is 3. The van der Waals surface area contributed by atoms with Gasteiger partial charge in [0.2, 0.25) is 0 Å². The SMILES string of the molecule is CC(CN)(CCN)CCN. The fourth-order valence-corrected chi connectivity index (χ4v) is 1.03. The van der Waals surface area contributed by atoms with Crippen molar-refractivity contribution in [2.75, 3.05) is 19.6 Å². The van der Waals surface area contributed by atoms with Gasteiger partial charge in [0.15, 0.2) is 0 Å². The summed E-state index contributed by atoms with van der Waals surface area (Å²) in [5.41, 5.74) is 16.6. The average Bonchev–Trinajstić information content (AvgIpc) is 1.89. The minimum absolute atomic E-state index is 0.170. The van der Waals surface area contributed by atoms with Crippen molar-refractivity contribution in [3.05, 3.63) is 0 Å². The van der Waals surface area contributed by atoms with Gasteiger partial charge in [-0.05, 0) is 37.9 Å². The molecule has 0 heterocycles. The number of hydrogen-bond acceptors (Lipinski definition) is 3. The molecule has 0 aromatic heterocycles. The summed E-state index contributed by atoms with van der Waals surface area (Å²) in [4.78, 5) is 0. The van der Waals surface area contributed by atoms with E-state index >= 15 is 0 Å². The molecule has 0 saturated heterocycles. The van der Waals surface area contributed by atoms with Gasteiger partial charge in [-0.2, -0.15) is 0 Å². The maximum Gasteiger partial charge on any atom is -0.00222 e. The molecule has 10 heavy (non-hydrogen) atoms. The molecule has 0 aromatic rings. The zero-order valence-corrected chi connectivity index (χ0v) is 6.77. The van der Waals surface area contributed by atoms with Crippen LogP contribution in [0, 0.1) is 5.41 Å². The second-order valence-electron chi connectivity index (χ2n) is 3.09. The van der Waals surface area contributed by atoms with Gasteiger partial charge in [-0.3, -0.25) is 0 Å². The summed E-state index contributed by atoms with van der Waals surface area (Å²) in [7, 11) is 0. The van der Waals surface area contributed by atoms with Crippen LogP contribution >= 0.6 is 0 Å². The maximum atomic E-state index is 5.57. The third-order valence-electron chi connectivity index (χ3n) is 1.99. The van der Waals surface area contributed by atoms with Crippen LogP contribution in [0.4, 0.5) is 0 Å². The second kappa shape index (κ2) is 4.66. The van der Waals surface area contributed by atoms with Gasteiger partial charge < -0.3 is 17.2 Å². The van der Waals surface area contributed by atoms with E-state index in [2.05, 4.69) is 6.92 Å². The van der Waals surface area contributed by atoms with Crippen molar-refractivity contribution in [1.82, 2.24) is 0 Å². The normalized spacial score (nSPS) is 12.0. The van der Waals surface area contributed by atoms with Crippen molar-refractivity contribution >= 4 is 0 Å². The molecule has 0 radical (unpaired) electrons. The van der Waals surface area contributed by atoms with Gasteiger partial charge >= 0.3 is 0 Å². The van der Waals surface area contributed by atoms with Crippen molar-refractivity contribution in [2.45, 2.75) is 19.8 Å². The summed E-state index contributed by atoms with van der Waals surface area (Å²) in [6.45, 7) is 4.22. The zero-order chi connectivity index (χ0) is 8.04. The van der Waals surface area contributed by atoms with E-state index in [4.69, 9.17) is 17.2 Å². The Hall–Kier alpha value is -0.120. The molecular formula is C7H19N3. The minimum Gasteiger partial charge on any atom is -0.330 e. The summed E-state index contributed by atoms with van der Waals surface area (Å²) >= 11 is 0. The Bertz CT molecular complexity index is 76.9. The summed E-state index contributed by atoms with van der Waals surface area (Å²) in [5, 5.41) is 0. The fraction of sp³-hybridized carbons (Fsp3) is 1.00. The summed E-state index contributed by atoms with van der Waals surface area (Å²) in [5.74, 6) is 0. The zero-order valence-electron chi connectivity index (χ0n) is 6.77. The van der Waals surface area contributed by atoms with Crippen LogP contribution < -0.4 is 17.2 Å². The van der Waals surface area contributed by atoms with E-state index in [-0.39, 0.29) is 5.41 Å². The molecule has 0 fully saturated rings. The van der Waals surface area contributed by atoms with Crippen LogP contribution in [0.3, 0.4) is 0 Å². The van der Waals surface area contributed by atoms with E-state index in [9.17, 15) is 0 Å². The molecule has 0 saturated carbocycles. The lowest BCUT2D eigenvalue weighted by Gasteiger charge is -2.26. The molecule has 0 aliphatic rings. The highest BCUT2D eigenvalue weighted by Crippen LogP contribution is 2.22. The molecule has 62 valence electrons. The average molecular weight is 145 g/mol. The third-order valence-corrected chi connectivity index (χ3v) is 1.99. The first-order valence-electron chi connectivity index (χ1n) is 3.79. The van der Waals surface area contributed by atoms with E-state index in [0.717, 1.165) is 12.8 Å². The predicted molar refractivity (Wildman–Crippen MR) is 44.5 cm³/mol. The molecule has 3 heteroatoms. The molecule has 0 aliphatic heterocycles. The van der Waals surface area contributed by atoms with Crippen LogP contribution in [0.25, 0.3) is 0 Å². The van der Waals surface area contributed by atoms with Gasteiger partial charge in [0.25, 0.3) is 0 Å². The highest BCUT2D eigenvalue weighted by molar-refractivity contribution is 4.75. The van der Waals surface area contributed by atoms with Crippen molar-refractivity contribution < 1.29 is 0 Å². The van der Waals surface area contributed by atoms with Crippen LogP contribution in [0.2, 0.25) is 0 Å². The standard InChI is InChI=1S/C7H19N3/c1-7(6-10,2-4-8)3-5-9/h2-6,8-10H2,1H3. The summed E-state index contributed by atoms with van der Waals surface area (Å²) < 4.78 is 0. The monoisotopic (exact) mass is 145 g/mol. The van der Waals surface area contributed by atoms with Crippen LogP contribution in [0.5, 0.6) is 0 Å². The Kier molecular flexibility index (Phi) is 4.60. The van der Waals surface area contributed by atoms with Gasteiger partial charge in [0.1, 0.15) is 0 Å². The summed E-state index contributed by atoms with van der Waals surface area (Å²) in [6.07, 6.45) is 1.95. The van der Waals surface area contributed by atoms with Crippen LogP contribution in [-0.4, -0.2) is 19.6 Å². The molecule has 0 bridgehead atoms. The quantitative estimate of drug-likeness (QED) is 0.495. The molecule has 6 N–H and O–H groups in total. The first-order chi connectivity index (χ1) is 4.68.